The normalized spacial score (nSPS) is 9.95. The van der Waals surface area contributed by atoms with Crippen molar-refractivity contribution in [2.24, 2.45) is 0 Å². The first-order valence-corrected chi connectivity index (χ1v) is 8.47. The number of nitrogen functional groups attached to an aromatic ring is 1. The van der Waals surface area contributed by atoms with E-state index >= 15 is 0 Å². The van der Waals surface area contributed by atoms with Crippen LogP contribution in [0.4, 0.5) is 10.9 Å². The number of aromatic nitrogens is 2. The number of pyridine rings is 1. The monoisotopic (exact) mass is 333 g/mol. The standard InChI is InChI=1S/C13H12N4S2.C2H7N/c1-15-13-17-10(7-19-13)8-5-11(18-6-8)9-3-2-4-16-12(9)14;1-3-2/h2-7H,1H3,(H2,14,16)(H,15,17);3H,1-2H3. The molecule has 0 aliphatic carbocycles. The molecule has 3 aromatic heterocycles. The molecule has 3 heterocycles. The molecule has 0 spiro atoms. The largest absolute Gasteiger partial charge is 0.383 e. The molecule has 3 rings (SSSR count). The van der Waals surface area contributed by atoms with Gasteiger partial charge < -0.3 is 16.4 Å². The van der Waals surface area contributed by atoms with Crippen LogP contribution in [0.5, 0.6) is 0 Å². The van der Waals surface area contributed by atoms with E-state index in [1.54, 1.807) is 28.9 Å². The van der Waals surface area contributed by atoms with Crippen LogP contribution in [0.25, 0.3) is 21.7 Å². The van der Waals surface area contributed by atoms with Gasteiger partial charge in [0.2, 0.25) is 0 Å². The maximum Gasteiger partial charge on any atom is 0.182 e. The van der Waals surface area contributed by atoms with Gasteiger partial charge in [-0.25, -0.2) is 9.97 Å². The van der Waals surface area contributed by atoms with Crippen LogP contribution in [0, 0.1) is 0 Å². The third-order valence-electron chi connectivity index (χ3n) is 2.72. The molecule has 0 fully saturated rings. The number of nitrogens with zero attached hydrogens (tertiary/aromatic N) is 2. The van der Waals surface area contributed by atoms with E-state index in [1.165, 1.54) is 0 Å². The predicted molar refractivity (Wildman–Crippen MR) is 97.6 cm³/mol. The Bertz CT molecular complexity index is 720. The Morgan fingerprint density at radius 3 is 2.55 bits per heavy atom. The first kappa shape index (κ1) is 16.4. The molecule has 4 N–H and O–H groups in total. The van der Waals surface area contributed by atoms with Crippen molar-refractivity contribution in [3.8, 4) is 21.7 Å². The minimum atomic E-state index is 0.560. The first-order valence-electron chi connectivity index (χ1n) is 6.71. The average molecular weight is 333 g/mol. The number of nitrogens with one attached hydrogen (secondary N) is 2. The van der Waals surface area contributed by atoms with Crippen LogP contribution in [-0.4, -0.2) is 31.1 Å². The maximum atomic E-state index is 5.90. The van der Waals surface area contributed by atoms with E-state index in [0.717, 1.165) is 26.8 Å². The van der Waals surface area contributed by atoms with Crippen molar-refractivity contribution >= 4 is 33.6 Å². The molecular weight excluding hydrogens is 314 g/mol. The summed E-state index contributed by atoms with van der Waals surface area (Å²) < 4.78 is 0. The summed E-state index contributed by atoms with van der Waals surface area (Å²) in [5, 5.41) is 10.9. The number of hydrogen-bond donors (Lipinski definition) is 3. The molecule has 7 heteroatoms. The van der Waals surface area contributed by atoms with Crippen LogP contribution < -0.4 is 16.4 Å². The smallest absolute Gasteiger partial charge is 0.182 e. The highest BCUT2D eigenvalue weighted by atomic mass is 32.1. The van der Waals surface area contributed by atoms with Crippen molar-refractivity contribution in [3.05, 3.63) is 35.2 Å². The molecule has 3 aromatic rings. The molecule has 0 aliphatic rings. The summed E-state index contributed by atoms with van der Waals surface area (Å²) in [6, 6.07) is 5.98. The quantitative estimate of drug-likeness (QED) is 0.685. The molecule has 0 saturated heterocycles. The van der Waals surface area contributed by atoms with E-state index in [2.05, 4.69) is 32.0 Å². The van der Waals surface area contributed by atoms with Gasteiger partial charge in [-0.2, -0.15) is 0 Å². The van der Waals surface area contributed by atoms with Gasteiger partial charge in [0.25, 0.3) is 0 Å². The number of hydrogen-bond acceptors (Lipinski definition) is 7. The summed E-state index contributed by atoms with van der Waals surface area (Å²) in [7, 11) is 5.62. The van der Waals surface area contributed by atoms with Crippen LogP contribution in [-0.2, 0) is 0 Å². The highest BCUT2D eigenvalue weighted by Crippen LogP contribution is 2.35. The van der Waals surface area contributed by atoms with Crippen molar-refractivity contribution in [2.45, 2.75) is 0 Å². The summed E-state index contributed by atoms with van der Waals surface area (Å²) >= 11 is 3.25. The Balaban J connectivity index is 0.000000545. The summed E-state index contributed by atoms with van der Waals surface area (Å²) in [5.74, 6) is 0.560. The lowest BCUT2D eigenvalue weighted by molar-refractivity contribution is 1.02. The number of rotatable bonds is 3. The first-order chi connectivity index (χ1) is 10.7. The fraction of sp³-hybridized carbons (Fsp3) is 0.200. The van der Waals surface area contributed by atoms with Crippen molar-refractivity contribution in [1.29, 1.82) is 0 Å². The van der Waals surface area contributed by atoms with Crippen LogP contribution in [0.2, 0.25) is 0 Å². The summed E-state index contributed by atoms with van der Waals surface area (Å²) in [6.45, 7) is 0. The van der Waals surface area contributed by atoms with E-state index in [1.807, 2.05) is 38.7 Å². The highest BCUT2D eigenvalue weighted by molar-refractivity contribution is 7.14. The Kier molecular flexibility index (Phi) is 5.88. The van der Waals surface area contributed by atoms with Gasteiger partial charge in [0.15, 0.2) is 5.13 Å². The Labute approximate surface area is 138 Å². The molecule has 0 bridgehead atoms. The van der Waals surface area contributed by atoms with E-state index in [0.29, 0.717) is 5.82 Å². The molecule has 5 nitrogen and oxygen atoms in total. The van der Waals surface area contributed by atoms with Gasteiger partial charge in [-0.3, -0.25) is 0 Å². The zero-order valence-electron chi connectivity index (χ0n) is 12.8. The third kappa shape index (κ3) is 3.82. The van der Waals surface area contributed by atoms with Crippen molar-refractivity contribution in [3.63, 3.8) is 0 Å². The van der Waals surface area contributed by atoms with Crippen molar-refractivity contribution < 1.29 is 0 Å². The molecule has 0 radical (unpaired) electrons. The van der Waals surface area contributed by atoms with E-state index in [-0.39, 0.29) is 0 Å². The predicted octanol–water partition coefficient (Wildman–Crippen LogP) is 3.39. The fourth-order valence-electron chi connectivity index (χ4n) is 1.76. The molecule has 0 amide bonds. The minimum absolute atomic E-state index is 0.560. The Morgan fingerprint density at radius 2 is 1.91 bits per heavy atom. The molecule has 116 valence electrons. The van der Waals surface area contributed by atoms with Gasteiger partial charge in [-0.05, 0) is 32.3 Å². The zero-order chi connectivity index (χ0) is 15.9. The van der Waals surface area contributed by atoms with Crippen LogP contribution in [0.15, 0.2) is 35.2 Å². The molecule has 0 saturated carbocycles. The number of nitrogens with two attached hydrogens (primary N) is 1. The second-order valence-electron chi connectivity index (χ2n) is 4.42. The molecule has 0 atom stereocenters. The second kappa shape index (κ2) is 7.88. The molecule has 0 aromatic carbocycles. The lowest BCUT2D eigenvalue weighted by Crippen LogP contribution is -1.91. The van der Waals surface area contributed by atoms with Gasteiger partial charge in [-0.15, -0.1) is 22.7 Å². The molecule has 22 heavy (non-hydrogen) atoms. The fourth-order valence-corrected chi connectivity index (χ4v) is 3.38. The molecule has 0 aliphatic heterocycles. The zero-order valence-corrected chi connectivity index (χ0v) is 14.4. The molecular formula is C15H19N5S2. The Morgan fingerprint density at radius 1 is 1.14 bits per heavy atom. The van der Waals surface area contributed by atoms with E-state index in [9.17, 15) is 0 Å². The SMILES string of the molecule is CNC.CNc1nc(-c2csc(-c3cccnc3N)c2)cs1. The third-order valence-corrected chi connectivity index (χ3v) is 4.54. The highest BCUT2D eigenvalue weighted by Gasteiger charge is 2.10. The summed E-state index contributed by atoms with van der Waals surface area (Å²) in [6.07, 6.45) is 1.70. The van der Waals surface area contributed by atoms with Crippen molar-refractivity contribution in [2.75, 3.05) is 32.2 Å². The van der Waals surface area contributed by atoms with Gasteiger partial charge in [0, 0.05) is 40.0 Å². The number of anilines is 2. The topological polar surface area (TPSA) is 75.9 Å². The van der Waals surface area contributed by atoms with E-state index in [4.69, 9.17) is 5.73 Å². The van der Waals surface area contributed by atoms with Crippen LogP contribution in [0.1, 0.15) is 0 Å². The number of thiazole rings is 1. The summed E-state index contributed by atoms with van der Waals surface area (Å²) in [5.41, 5.74) is 8.97. The summed E-state index contributed by atoms with van der Waals surface area (Å²) in [4.78, 5) is 9.72. The van der Waals surface area contributed by atoms with Gasteiger partial charge in [-0.1, -0.05) is 0 Å². The van der Waals surface area contributed by atoms with Gasteiger partial charge in [0.05, 0.1) is 5.69 Å². The lowest BCUT2D eigenvalue weighted by atomic mass is 10.2. The second-order valence-corrected chi connectivity index (χ2v) is 6.19. The van der Waals surface area contributed by atoms with E-state index < -0.39 is 0 Å². The Hall–Kier alpha value is -1.96. The van der Waals surface area contributed by atoms with Gasteiger partial charge >= 0.3 is 0 Å². The van der Waals surface area contributed by atoms with Crippen LogP contribution >= 0.6 is 22.7 Å². The average Bonchev–Trinajstić information content (AvgIpc) is 3.17. The maximum absolute atomic E-state index is 5.90. The minimum Gasteiger partial charge on any atom is -0.383 e. The van der Waals surface area contributed by atoms with Gasteiger partial charge in [0.1, 0.15) is 5.82 Å². The van der Waals surface area contributed by atoms with Crippen LogP contribution in [0.3, 0.4) is 0 Å². The lowest BCUT2D eigenvalue weighted by Gasteiger charge is -1.99. The van der Waals surface area contributed by atoms with Crippen molar-refractivity contribution in [1.82, 2.24) is 15.3 Å². The number of thiophene rings is 1. The molecule has 0 unspecified atom stereocenters.